The van der Waals surface area contributed by atoms with Crippen molar-refractivity contribution >= 4 is 17.9 Å². The fraction of sp³-hybridized carbons (Fsp3) is 0.550. The summed E-state index contributed by atoms with van der Waals surface area (Å²) >= 11 is 0. The Morgan fingerprint density at radius 2 is 2.21 bits per heavy atom. The highest BCUT2D eigenvalue weighted by molar-refractivity contribution is 5.86. The van der Waals surface area contributed by atoms with Crippen molar-refractivity contribution in [2.45, 2.75) is 51.8 Å². The maximum Gasteiger partial charge on any atom is 0.408 e. The number of amides is 3. The highest BCUT2D eigenvalue weighted by Crippen LogP contribution is 2.16. The zero-order chi connectivity index (χ0) is 21.2. The highest BCUT2D eigenvalue weighted by Gasteiger charge is 2.30. The van der Waals surface area contributed by atoms with E-state index in [1.54, 1.807) is 24.5 Å². The molecule has 2 heterocycles. The Labute approximate surface area is 170 Å². The molecule has 0 aliphatic carbocycles. The van der Waals surface area contributed by atoms with Crippen molar-refractivity contribution in [3.63, 3.8) is 0 Å². The molecule has 1 fully saturated rings. The smallest absolute Gasteiger partial charge is 0.408 e. The summed E-state index contributed by atoms with van der Waals surface area (Å²) in [5.41, 5.74) is 0.729. The van der Waals surface area contributed by atoms with E-state index >= 15 is 0 Å². The van der Waals surface area contributed by atoms with Gasteiger partial charge in [0.05, 0.1) is 6.07 Å². The molecule has 0 bridgehead atoms. The van der Waals surface area contributed by atoms with Crippen LogP contribution in [0.3, 0.4) is 0 Å². The van der Waals surface area contributed by atoms with Crippen LogP contribution in [-0.2, 0) is 20.9 Å². The van der Waals surface area contributed by atoms with Crippen LogP contribution < -0.4 is 16.0 Å². The number of hydrogen-bond donors (Lipinski definition) is 3. The lowest BCUT2D eigenvalue weighted by Crippen LogP contribution is -2.50. The van der Waals surface area contributed by atoms with E-state index in [-0.39, 0.29) is 30.8 Å². The van der Waals surface area contributed by atoms with Gasteiger partial charge >= 0.3 is 6.09 Å². The fourth-order valence-electron chi connectivity index (χ4n) is 3.09. The third-order valence-corrected chi connectivity index (χ3v) is 4.56. The molecule has 2 rings (SSSR count). The van der Waals surface area contributed by atoms with E-state index < -0.39 is 24.1 Å². The van der Waals surface area contributed by atoms with E-state index in [0.717, 1.165) is 5.56 Å². The third kappa shape index (κ3) is 7.41. The van der Waals surface area contributed by atoms with Gasteiger partial charge in [-0.15, -0.1) is 0 Å². The molecule has 0 unspecified atom stereocenters. The van der Waals surface area contributed by atoms with Crippen LogP contribution in [0.2, 0.25) is 0 Å². The molecule has 0 aromatic carbocycles. The van der Waals surface area contributed by atoms with Crippen molar-refractivity contribution in [1.82, 2.24) is 20.9 Å². The Hall–Kier alpha value is -3.15. The SMILES string of the molecule is CC(C)C[C@H](NC(=O)OCc1cccnc1)C(=O)N[C@H](C#N)C[C@@H]1CCNC1=O. The Morgan fingerprint density at radius 3 is 2.79 bits per heavy atom. The third-order valence-electron chi connectivity index (χ3n) is 4.56. The number of carbonyl (C=O) groups is 3. The molecule has 9 nitrogen and oxygen atoms in total. The van der Waals surface area contributed by atoms with Crippen molar-refractivity contribution in [3.05, 3.63) is 30.1 Å². The van der Waals surface area contributed by atoms with Crippen LogP contribution in [0.4, 0.5) is 4.79 Å². The quantitative estimate of drug-likeness (QED) is 0.570. The normalized spacial score (nSPS) is 17.7. The summed E-state index contributed by atoms with van der Waals surface area (Å²) < 4.78 is 5.16. The molecule has 1 aromatic heterocycles. The molecule has 3 atom stereocenters. The summed E-state index contributed by atoms with van der Waals surface area (Å²) in [4.78, 5) is 40.5. The van der Waals surface area contributed by atoms with Gasteiger partial charge in [0, 0.05) is 30.4 Å². The number of nitriles is 1. The average molecular weight is 401 g/mol. The molecule has 1 saturated heterocycles. The van der Waals surface area contributed by atoms with Gasteiger partial charge < -0.3 is 20.7 Å². The van der Waals surface area contributed by atoms with Crippen LogP contribution in [0.25, 0.3) is 0 Å². The van der Waals surface area contributed by atoms with Crippen LogP contribution >= 0.6 is 0 Å². The topological polar surface area (TPSA) is 133 Å². The van der Waals surface area contributed by atoms with Gasteiger partial charge in [0.25, 0.3) is 0 Å². The van der Waals surface area contributed by atoms with Crippen molar-refractivity contribution in [2.24, 2.45) is 11.8 Å². The summed E-state index contributed by atoms with van der Waals surface area (Å²) in [7, 11) is 0. The number of nitrogens with one attached hydrogen (secondary N) is 3. The van der Waals surface area contributed by atoms with E-state index in [1.165, 1.54) is 0 Å². The van der Waals surface area contributed by atoms with Gasteiger partial charge in [0.1, 0.15) is 18.7 Å². The predicted octanol–water partition coefficient (Wildman–Crippen LogP) is 1.26. The van der Waals surface area contributed by atoms with E-state index in [0.29, 0.717) is 19.4 Å². The van der Waals surface area contributed by atoms with Crippen LogP contribution in [0.5, 0.6) is 0 Å². The summed E-state index contributed by atoms with van der Waals surface area (Å²) in [6, 6.07) is 3.88. The Kier molecular flexibility index (Phi) is 8.40. The first-order valence-electron chi connectivity index (χ1n) is 9.69. The molecule has 1 aliphatic rings. The standard InChI is InChI=1S/C20H27N5O4/c1-13(2)8-17(25-20(28)29-12-14-4-3-6-22-11-14)19(27)24-16(10-21)9-15-5-7-23-18(15)26/h3-4,6,11,13,15-17H,5,7-9,12H2,1-2H3,(H,23,26)(H,24,27)(H,25,28)/t15-,16-,17-/m0/s1. The lowest BCUT2D eigenvalue weighted by Gasteiger charge is -2.22. The lowest BCUT2D eigenvalue weighted by molar-refractivity contribution is -0.125. The lowest BCUT2D eigenvalue weighted by atomic mass is 9.98. The molecular formula is C20H27N5O4. The van der Waals surface area contributed by atoms with Crippen LogP contribution in [0.15, 0.2) is 24.5 Å². The maximum atomic E-state index is 12.7. The summed E-state index contributed by atoms with van der Waals surface area (Å²) in [5, 5.41) is 17.3. The van der Waals surface area contributed by atoms with Gasteiger partial charge in [0.15, 0.2) is 0 Å². The summed E-state index contributed by atoms with van der Waals surface area (Å²) in [6.07, 6.45) is 3.75. The summed E-state index contributed by atoms with van der Waals surface area (Å²) in [6.45, 7) is 4.46. The van der Waals surface area contributed by atoms with E-state index in [1.807, 2.05) is 19.9 Å². The number of hydrogen-bond acceptors (Lipinski definition) is 6. The molecule has 3 amide bonds. The van der Waals surface area contributed by atoms with E-state index in [9.17, 15) is 19.6 Å². The zero-order valence-corrected chi connectivity index (χ0v) is 16.7. The van der Waals surface area contributed by atoms with Crippen molar-refractivity contribution in [2.75, 3.05) is 6.54 Å². The fourth-order valence-corrected chi connectivity index (χ4v) is 3.09. The molecule has 1 aliphatic heterocycles. The minimum atomic E-state index is -0.843. The van der Waals surface area contributed by atoms with Gasteiger partial charge in [-0.1, -0.05) is 19.9 Å². The number of rotatable bonds is 9. The van der Waals surface area contributed by atoms with Crippen molar-refractivity contribution < 1.29 is 19.1 Å². The van der Waals surface area contributed by atoms with E-state index in [4.69, 9.17) is 4.74 Å². The number of carbonyl (C=O) groups excluding carboxylic acids is 3. The first kappa shape index (κ1) is 22.1. The average Bonchev–Trinajstić information content (AvgIpc) is 3.10. The molecule has 1 aromatic rings. The Balaban J connectivity index is 1.91. The Bertz CT molecular complexity index is 747. The van der Waals surface area contributed by atoms with Gasteiger partial charge in [-0.25, -0.2) is 4.79 Å². The van der Waals surface area contributed by atoms with Gasteiger partial charge in [0.2, 0.25) is 11.8 Å². The van der Waals surface area contributed by atoms with Crippen LogP contribution in [0, 0.1) is 23.2 Å². The van der Waals surface area contributed by atoms with Crippen LogP contribution in [0.1, 0.15) is 38.7 Å². The number of ether oxygens (including phenoxy) is 1. The molecule has 0 radical (unpaired) electrons. The molecule has 0 spiro atoms. The first-order chi connectivity index (χ1) is 13.9. The second kappa shape index (κ2) is 11.0. The second-order valence-corrected chi connectivity index (χ2v) is 7.47. The predicted molar refractivity (Wildman–Crippen MR) is 104 cm³/mol. The second-order valence-electron chi connectivity index (χ2n) is 7.47. The molecule has 3 N–H and O–H groups in total. The van der Waals surface area contributed by atoms with Gasteiger partial charge in [-0.2, -0.15) is 5.26 Å². The van der Waals surface area contributed by atoms with Crippen molar-refractivity contribution in [1.29, 1.82) is 5.26 Å². The first-order valence-corrected chi connectivity index (χ1v) is 9.69. The van der Waals surface area contributed by atoms with Gasteiger partial charge in [-0.05, 0) is 31.2 Å². The molecule has 9 heteroatoms. The number of aromatic nitrogens is 1. The number of nitrogens with zero attached hydrogens (tertiary/aromatic N) is 2. The Morgan fingerprint density at radius 1 is 1.41 bits per heavy atom. The van der Waals surface area contributed by atoms with Crippen molar-refractivity contribution in [3.8, 4) is 6.07 Å². The van der Waals surface area contributed by atoms with Gasteiger partial charge in [-0.3, -0.25) is 14.6 Å². The molecule has 29 heavy (non-hydrogen) atoms. The molecular weight excluding hydrogens is 374 g/mol. The zero-order valence-electron chi connectivity index (χ0n) is 16.7. The number of alkyl carbamates (subject to hydrolysis) is 1. The molecule has 0 saturated carbocycles. The highest BCUT2D eigenvalue weighted by atomic mass is 16.5. The van der Waals surface area contributed by atoms with Crippen LogP contribution in [-0.4, -0.2) is 41.5 Å². The monoisotopic (exact) mass is 401 g/mol. The minimum absolute atomic E-state index is 0.0350. The number of pyridine rings is 1. The minimum Gasteiger partial charge on any atom is -0.445 e. The maximum absolute atomic E-state index is 12.7. The van der Waals surface area contributed by atoms with E-state index in [2.05, 4.69) is 20.9 Å². The molecule has 156 valence electrons. The largest absolute Gasteiger partial charge is 0.445 e. The summed E-state index contributed by atoms with van der Waals surface area (Å²) in [5.74, 6) is -0.733.